The molecule has 0 saturated carbocycles. The summed E-state index contributed by atoms with van der Waals surface area (Å²) in [5, 5.41) is 13.0. The Morgan fingerprint density at radius 2 is 2.14 bits per heavy atom. The smallest absolute Gasteiger partial charge is 0.138 e. The first-order valence-electron chi connectivity index (χ1n) is 4.28. The highest BCUT2D eigenvalue weighted by molar-refractivity contribution is 6.33. The number of para-hydroxylation sites is 1. The molecule has 0 unspecified atom stereocenters. The number of hydrogen-bond donors (Lipinski definition) is 1. The number of carbonyl (C=O) groups excluding carboxylic acids is 1. The van der Waals surface area contributed by atoms with E-state index in [0.717, 1.165) is 5.56 Å². The van der Waals surface area contributed by atoms with Crippen LogP contribution in [0.25, 0.3) is 0 Å². The van der Waals surface area contributed by atoms with Gasteiger partial charge in [-0.2, -0.15) is 0 Å². The van der Waals surface area contributed by atoms with Crippen molar-refractivity contribution in [2.45, 2.75) is 19.8 Å². The van der Waals surface area contributed by atoms with E-state index >= 15 is 0 Å². The summed E-state index contributed by atoms with van der Waals surface area (Å²) < 4.78 is 0. The third-order valence-electron chi connectivity index (χ3n) is 1.89. The van der Waals surface area contributed by atoms with Crippen LogP contribution in [0.5, 0.6) is 0 Å². The van der Waals surface area contributed by atoms with Gasteiger partial charge in [-0.1, -0.05) is 37.6 Å². The van der Waals surface area contributed by atoms with Crippen molar-refractivity contribution in [3.63, 3.8) is 0 Å². The Morgan fingerprint density at radius 3 is 2.64 bits per heavy atom. The molecule has 0 spiro atoms. The number of anilines is 1. The molecular formula is C10H11ClNO2-. The quantitative estimate of drug-likeness (QED) is 0.817. The van der Waals surface area contributed by atoms with E-state index < -0.39 is 6.09 Å². The summed E-state index contributed by atoms with van der Waals surface area (Å²) in [6.45, 7) is 3.93. The van der Waals surface area contributed by atoms with Crippen molar-refractivity contribution in [2.24, 2.45) is 0 Å². The highest BCUT2D eigenvalue weighted by atomic mass is 35.5. The minimum absolute atomic E-state index is 0.204. The third-order valence-corrected chi connectivity index (χ3v) is 2.21. The van der Waals surface area contributed by atoms with Crippen molar-refractivity contribution in [3.05, 3.63) is 28.8 Å². The molecule has 0 radical (unpaired) electrons. The van der Waals surface area contributed by atoms with Gasteiger partial charge in [0, 0.05) is 0 Å². The van der Waals surface area contributed by atoms with E-state index in [1.165, 1.54) is 0 Å². The zero-order valence-corrected chi connectivity index (χ0v) is 8.76. The first kappa shape index (κ1) is 10.9. The van der Waals surface area contributed by atoms with Gasteiger partial charge in [-0.25, -0.2) is 0 Å². The Morgan fingerprint density at radius 1 is 1.50 bits per heavy atom. The van der Waals surface area contributed by atoms with Gasteiger partial charge in [-0.15, -0.1) is 0 Å². The molecule has 1 rings (SSSR count). The molecule has 3 nitrogen and oxygen atoms in total. The average Bonchev–Trinajstić information content (AvgIpc) is 2.07. The molecule has 1 N–H and O–H groups in total. The molecule has 1 aromatic rings. The number of amides is 1. The number of benzene rings is 1. The number of hydrogen-bond acceptors (Lipinski definition) is 2. The minimum Gasteiger partial charge on any atom is -0.530 e. The normalized spacial score (nSPS) is 10.3. The molecule has 0 aliphatic rings. The highest BCUT2D eigenvalue weighted by Gasteiger charge is 2.09. The first-order valence-corrected chi connectivity index (χ1v) is 4.66. The SMILES string of the molecule is CC(C)c1cccc(Cl)c1NC(=O)[O-]. The maximum atomic E-state index is 10.4. The molecule has 14 heavy (non-hydrogen) atoms. The van der Waals surface area contributed by atoms with Crippen molar-refractivity contribution in [2.75, 3.05) is 5.32 Å². The van der Waals surface area contributed by atoms with Crippen LogP contribution in [0.4, 0.5) is 10.5 Å². The minimum atomic E-state index is -1.35. The van der Waals surface area contributed by atoms with Crippen LogP contribution in [0.15, 0.2) is 18.2 Å². The van der Waals surface area contributed by atoms with Gasteiger partial charge in [0.1, 0.15) is 6.09 Å². The van der Waals surface area contributed by atoms with Crippen LogP contribution < -0.4 is 10.4 Å². The Labute approximate surface area is 87.7 Å². The molecule has 0 aromatic heterocycles. The fourth-order valence-electron chi connectivity index (χ4n) is 1.26. The van der Waals surface area contributed by atoms with Crippen LogP contribution in [0.1, 0.15) is 25.3 Å². The van der Waals surface area contributed by atoms with Gasteiger partial charge in [0.2, 0.25) is 0 Å². The molecule has 0 saturated heterocycles. The fourth-order valence-corrected chi connectivity index (χ4v) is 1.48. The van der Waals surface area contributed by atoms with E-state index in [1.54, 1.807) is 12.1 Å². The lowest BCUT2D eigenvalue weighted by Crippen LogP contribution is -2.29. The Bertz CT molecular complexity index is 350. The van der Waals surface area contributed by atoms with Crippen LogP contribution in [0.3, 0.4) is 0 Å². The largest absolute Gasteiger partial charge is 0.530 e. The molecule has 1 amide bonds. The van der Waals surface area contributed by atoms with Crippen molar-refractivity contribution < 1.29 is 9.90 Å². The number of rotatable bonds is 2. The first-order chi connectivity index (χ1) is 6.52. The van der Waals surface area contributed by atoms with Gasteiger partial charge >= 0.3 is 0 Å². The lowest BCUT2D eigenvalue weighted by atomic mass is 10.0. The molecular weight excluding hydrogens is 202 g/mol. The summed E-state index contributed by atoms with van der Waals surface area (Å²) in [4.78, 5) is 10.4. The Kier molecular flexibility index (Phi) is 3.36. The van der Waals surface area contributed by atoms with Crippen molar-refractivity contribution in [1.82, 2.24) is 0 Å². The lowest BCUT2D eigenvalue weighted by molar-refractivity contribution is -0.242. The molecule has 0 atom stereocenters. The second-order valence-electron chi connectivity index (χ2n) is 3.27. The Balaban J connectivity index is 3.15. The fraction of sp³-hybridized carbons (Fsp3) is 0.300. The summed E-state index contributed by atoms with van der Waals surface area (Å²) in [6, 6.07) is 5.26. The van der Waals surface area contributed by atoms with Crippen molar-refractivity contribution in [1.29, 1.82) is 0 Å². The predicted molar refractivity (Wildman–Crippen MR) is 54.6 cm³/mol. The number of halogens is 1. The Hall–Kier alpha value is -1.22. The van der Waals surface area contributed by atoms with Crippen LogP contribution in [-0.4, -0.2) is 6.09 Å². The maximum Gasteiger partial charge on any atom is 0.138 e. The summed E-state index contributed by atoms with van der Waals surface area (Å²) >= 11 is 5.86. The molecule has 76 valence electrons. The van der Waals surface area contributed by atoms with Crippen LogP contribution >= 0.6 is 11.6 Å². The van der Waals surface area contributed by atoms with Gasteiger partial charge in [-0.3, -0.25) is 0 Å². The second-order valence-corrected chi connectivity index (χ2v) is 3.68. The molecule has 0 heterocycles. The van der Waals surface area contributed by atoms with Gasteiger partial charge < -0.3 is 15.2 Å². The zero-order valence-electron chi connectivity index (χ0n) is 8.00. The third kappa shape index (κ3) is 2.39. The zero-order chi connectivity index (χ0) is 10.7. The van der Waals surface area contributed by atoms with E-state index in [2.05, 4.69) is 5.32 Å². The van der Waals surface area contributed by atoms with E-state index in [9.17, 15) is 9.90 Å². The molecule has 1 aromatic carbocycles. The standard InChI is InChI=1S/C10H12ClNO2/c1-6(2)7-4-3-5-8(11)9(7)12-10(13)14/h3-6,12H,1-2H3,(H,13,14)/p-1. The molecule has 0 aliphatic carbocycles. The van der Waals surface area contributed by atoms with Crippen molar-refractivity contribution >= 4 is 23.4 Å². The van der Waals surface area contributed by atoms with E-state index in [-0.39, 0.29) is 5.92 Å². The maximum absolute atomic E-state index is 10.4. The van der Waals surface area contributed by atoms with Crippen molar-refractivity contribution in [3.8, 4) is 0 Å². The summed E-state index contributed by atoms with van der Waals surface area (Å²) in [6.07, 6.45) is -1.35. The van der Waals surface area contributed by atoms with Crippen LogP contribution in [0, 0.1) is 0 Å². The monoisotopic (exact) mass is 212 g/mol. The lowest BCUT2D eigenvalue weighted by Gasteiger charge is -2.16. The second kappa shape index (κ2) is 4.33. The molecule has 0 bridgehead atoms. The molecule has 0 aliphatic heterocycles. The number of nitrogens with one attached hydrogen (secondary N) is 1. The average molecular weight is 213 g/mol. The topological polar surface area (TPSA) is 52.2 Å². The summed E-state index contributed by atoms with van der Waals surface area (Å²) in [5.74, 6) is 0.204. The number of carbonyl (C=O) groups is 1. The summed E-state index contributed by atoms with van der Waals surface area (Å²) in [7, 11) is 0. The molecule has 0 fully saturated rings. The molecule has 4 heteroatoms. The van der Waals surface area contributed by atoms with E-state index in [1.807, 2.05) is 19.9 Å². The predicted octanol–water partition coefficient (Wildman–Crippen LogP) is 2.22. The number of carboxylic acid groups (broad SMARTS) is 1. The van der Waals surface area contributed by atoms with Crippen LogP contribution in [-0.2, 0) is 0 Å². The van der Waals surface area contributed by atoms with Gasteiger partial charge in [0.05, 0.1) is 10.7 Å². The van der Waals surface area contributed by atoms with E-state index in [4.69, 9.17) is 11.6 Å². The van der Waals surface area contributed by atoms with Gasteiger partial charge in [0.25, 0.3) is 0 Å². The highest BCUT2D eigenvalue weighted by Crippen LogP contribution is 2.30. The van der Waals surface area contributed by atoms with Gasteiger partial charge in [0.15, 0.2) is 0 Å². The van der Waals surface area contributed by atoms with Gasteiger partial charge in [-0.05, 0) is 17.5 Å². The van der Waals surface area contributed by atoms with E-state index in [0.29, 0.717) is 10.7 Å². The summed E-state index contributed by atoms with van der Waals surface area (Å²) in [5.41, 5.74) is 1.28. The van der Waals surface area contributed by atoms with Crippen LogP contribution in [0.2, 0.25) is 5.02 Å².